The summed E-state index contributed by atoms with van der Waals surface area (Å²) < 4.78 is 7.01. The van der Waals surface area contributed by atoms with Crippen molar-refractivity contribution in [3.63, 3.8) is 0 Å². The van der Waals surface area contributed by atoms with Gasteiger partial charge < -0.3 is 9.88 Å². The topological polar surface area (TPSA) is 67.8 Å². The Morgan fingerprint density at radius 3 is 1.40 bits per heavy atom. The minimum absolute atomic E-state index is 0.877. The summed E-state index contributed by atoms with van der Waals surface area (Å²) in [6.07, 6.45) is 32.2. The minimum atomic E-state index is 0.877. The number of nitrogens with one attached hydrogen (secondary N) is 1. The summed E-state index contributed by atoms with van der Waals surface area (Å²) in [4.78, 5) is 23.0. The summed E-state index contributed by atoms with van der Waals surface area (Å²) in [7, 11) is 0. The van der Waals surface area contributed by atoms with Crippen LogP contribution in [0.25, 0.3) is 22.3 Å². The molecular weight excluding hydrogens is 737 g/mol. The zero-order valence-electron chi connectivity index (χ0n) is 35.1. The van der Waals surface area contributed by atoms with E-state index in [0.717, 1.165) is 143 Å². The van der Waals surface area contributed by atoms with Gasteiger partial charge in [-0.2, -0.15) is 13.7 Å². The van der Waals surface area contributed by atoms with Gasteiger partial charge in [0.1, 0.15) is 19.6 Å². The van der Waals surface area contributed by atoms with E-state index in [1.54, 1.807) is 0 Å². The van der Waals surface area contributed by atoms with E-state index in [-0.39, 0.29) is 0 Å². The molecule has 0 atom stereocenters. The molecule has 8 nitrogen and oxygen atoms in total. The predicted molar refractivity (Wildman–Crippen MR) is 243 cm³/mol. The van der Waals surface area contributed by atoms with Crippen LogP contribution in [0.1, 0.15) is 81.8 Å². The summed E-state index contributed by atoms with van der Waals surface area (Å²) in [5.41, 5.74) is 15.8. The first kappa shape index (κ1) is 38.7. The molecule has 9 rings (SSSR count). The fourth-order valence-electron chi connectivity index (χ4n) is 8.77. The van der Waals surface area contributed by atoms with Crippen molar-refractivity contribution in [2.45, 2.75) is 73.0 Å². The normalized spacial score (nSPS) is 18.1. The zero-order valence-corrected chi connectivity index (χ0v) is 35.1. The molecule has 0 saturated carbocycles. The molecule has 4 aromatic rings. The fraction of sp³-hybridized carbons (Fsp3) is 0.231. The van der Waals surface area contributed by atoms with Crippen molar-refractivity contribution in [2.24, 2.45) is 15.0 Å². The van der Waals surface area contributed by atoms with Crippen molar-refractivity contribution >= 4 is 39.4 Å². The molecule has 9 heterocycles. The molecule has 0 radical (unpaired) electrons. The van der Waals surface area contributed by atoms with Gasteiger partial charge in [0.15, 0.2) is 18.6 Å². The number of hydrogen-bond donors (Lipinski definition) is 1. The number of rotatable bonds is 11. The lowest BCUT2D eigenvalue weighted by atomic mass is 10.0. The van der Waals surface area contributed by atoms with Crippen molar-refractivity contribution in [1.29, 1.82) is 0 Å². The van der Waals surface area contributed by atoms with Crippen LogP contribution in [0, 0.1) is 0 Å². The van der Waals surface area contributed by atoms with Gasteiger partial charge in [-0.3, -0.25) is 0 Å². The van der Waals surface area contributed by atoms with Crippen LogP contribution < -0.4 is 13.7 Å². The van der Waals surface area contributed by atoms with Gasteiger partial charge in [0.05, 0.1) is 68.0 Å². The number of nitrogens with zero attached hydrogens (tertiary/aromatic N) is 7. The third-order valence-corrected chi connectivity index (χ3v) is 11.3. The first-order valence-electron chi connectivity index (χ1n) is 21.7. The second kappa shape index (κ2) is 17.2. The predicted octanol–water partition coefficient (Wildman–Crippen LogP) is 9.24. The molecule has 5 aliphatic heterocycles. The minimum Gasteiger partial charge on any atom is -0.354 e. The second-order valence-electron chi connectivity index (χ2n) is 15.5. The van der Waals surface area contributed by atoms with E-state index in [9.17, 15) is 0 Å². The average molecular weight is 790 g/mol. The van der Waals surface area contributed by atoms with E-state index in [1.165, 1.54) is 0 Å². The van der Waals surface area contributed by atoms with Gasteiger partial charge in [0.2, 0.25) is 17.1 Å². The molecule has 0 spiro atoms. The Balaban J connectivity index is 1.39. The van der Waals surface area contributed by atoms with Crippen molar-refractivity contribution in [3.05, 3.63) is 197 Å². The highest BCUT2D eigenvalue weighted by Gasteiger charge is 2.33. The number of fused-ring (bicyclic) bond motifs is 5. The maximum atomic E-state index is 5.57. The first-order chi connectivity index (χ1) is 29.6. The van der Waals surface area contributed by atoms with E-state index in [4.69, 9.17) is 15.0 Å². The standard InChI is InChI=1S/C52H53N8/c1-5-29-57-33-13-9-17-45(57)49-37-21-23-39(53-37)50(46-18-10-14-34-58(46)30-6-2)41-25-27-43(55-41)52(48-20-12-16-36-60(48)32-8-4)44-28-26-42(56-44)51(40-24-22-38(49)54-40)47-19-11-15-35-59(47)31-7-3/h9-28,33-36,53H,5-8,29-32H2,1-4H3/q+3. The van der Waals surface area contributed by atoms with Crippen molar-refractivity contribution < 1.29 is 13.7 Å². The molecule has 8 bridgehead atoms. The quantitative estimate of drug-likeness (QED) is 0.151. The Morgan fingerprint density at radius 1 is 0.467 bits per heavy atom. The van der Waals surface area contributed by atoms with Gasteiger partial charge in [-0.1, -0.05) is 33.8 Å². The Labute approximate surface area is 353 Å². The van der Waals surface area contributed by atoms with E-state index >= 15 is 0 Å². The third-order valence-electron chi connectivity index (χ3n) is 11.3. The highest BCUT2D eigenvalue weighted by atomic mass is 15.1. The van der Waals surface area contributed by atoms with Gasteiger partial charge in [-0.15, -0.1) is 0 Å². The Morgan fingerprint density at radius 2 is 0.917 bits per heavy atom. The summed E-state index contributed by atoms with van der Waals surface area (Å²) >= 11 is 0. The van der Waals surface area contributed by atoms with Gasteiger partial charge in [0.25, 0.3) is 0 Å². The van der Waals surface area contributed by atoms with Crippen molar-refractivity contribution in [2.75, 3.05) is 6.54 Å². The largest absolute Gasteiger partial charge is 0.354 e. The van der Waals surface area contributed by atoms with Crippen LogP contribution in [0.4, 0.5) is 0 Å². The number of aromatic amines is 1. The highest BCUT2D eigenvalue weighted by Crippen LogP contribution is 2.38. The lowest BCUT2D eigenvalue weighted by Crippen LogP contribution is -2.38. The van der Waals surface area contributed by atoms with Crippen LogP contribution in [0.2, 0.25) is 0 Å². The molecule has 0 unspecified atom stereocenters. The molecule has 8 heteroatoms. The van der Waals surface area contributed by atoms with Crippen LogP contribution in [0.3, 0.4) is 0 Å². The molecular formula is C52H53N8+3. The second-order valence-corrected chi connectivity index (χ2v) is 15.5. The average Bonchev–Trinajstić information content (AvgIpc) is 4.12. The van der Waals surface area contributed by atoms with Crippen LogP contribution in [0.5, 0.6) is 0 Å². The highest BCUT2D eigenvalue weighted by molar-refractivity contribution is 6.37. The molecule has 60 heavy (non-hydrogen) atoms. The summed E-state index contributed by atoms with van der Waals surface area (Å²) in [5.74, 6) is 0. The fourth-order valence-corrected chi connectivity index (χ4v) is 8.77. The summed E-state index contributed by atoms with van der Waals surface area (Å²) in [6.45, 7) is 12.4. The Kier molecular flexibility index (Phi) is 11.1. The SMILES string of the molecule is CCCN1C=CC=C/C1=C1/C2=NC(=C(c3cccc[n+]3CCC)C3=NC(=C(c4cccc[n+]4CCC)C4=NC(=C(c5cccc[n+]5CCC)c5ccc1[nH]5)C=C4)C=C3)C=C2. The first-order valence-corrected chi connectivity index (χ1v) is 21.7. The van der Waals surface area contributed by atoms with Gasteiger partial charge >= 0.3 is 0 Å². The van der Waals surface area contributed by atoms with Gasteiger partial charge in [-0.05, 0) is 85.4 Å². The van der Waals surface area contributed by atoms with Crippen molar-refractivity contribution in [3.8, 4) is 0 Å². The van der Waals surface area contributed by atoms with E-state index < -0.39 is 0 Å². The molecule has 5 aliphatic rings. The zero-order chi connectivity index (χ0) is 41.0. The van der Waals surface area contributed by atoms with Crippen LogP contribution in [-0.4, -0.2) is 33.6 Å². The molecule has 298 valence electrons. The number of aryl methyl sites for hydroxylation is 3. The lowest BCUT2D eigenvalue weighted by molar-refractivity contribution is -0.699. The number of allylic oxidation sites excluding steroid dienone is 12. The van der Waals surface area contributed by atoms with Gasteiger partial charge in [-0.25, -0.2) is 15.0 Å². The molecule has 0 aromatic carbocycles. The Hall–Kier alpha value is -6.80. The van der Waals surface area contributed by atoms with E-state index in [1.807, 2.05) is 0 Å². The number of aliphatic imine (C=N–C) groups is 3. The summed E-state index contributed by atoms with van der Waals surface area (Å²) in [5, 5.41) is 0. The molecule has 0 fully saturated rings. The smallest absolute Gasteiger partial charge is 0.216 e. The van der Waals surface area contributed by atoms with E-state index in [0.29, 0.717) is 0 Å². The monoisotopic (exact) mass is 789 g/mol. The molecule has 1 N–H and O–H groups in total. The Bertz CT molecular complexity index is 2750. The van der Waals surface area contributed by atoms with E-state index in [2.05, 4.69) is 197 Å². The molecule has 4 aromatic heterocycles. The molecule has 0 aliphatic carbocycles. The maximum absolute atomic E-state index is 5.57. The van der Waals surface area contributed by atoms with Crippen molar-refractivity contribution in [1.82, 2.24) is 9.88 Å². The number of H-pyrrole nitrogens is 1. The van der Waals surface area contributed by atoms with Crippen LogP contribution >= 0.6 is 0 Å². The number of pyridine rings is 3. The lowest BCUT2D eigenvalue weighted by Gasteiger charge is -2.26. The van der Waals surface area contributed by atoms with Crippen LogP contribution in [0.15, 0.2) is 184 Å². The molecule has 0 saturated heterocycles. The molecule has 0 amide bonds. The van der Waals surface area contributed by atoms with Gasteiger partial charge in [0, 0.05) is 74.0 Å². The summed E-state index contributed by atoms with van der Waals surface area (Å²) in [6, 6.07) is 23.7. The maximum Gasteiger partial charge on any atom is 0.216 e. The number of aromatic nitrogens is 4. The van der Waals surface area contributed by atoms with Crippen LogP contribution in [-0.2, 0) is 19.6 Å². The third kappa shape index (κ3) is 7.27. The number of hydrogen-bond acceptors (Lipinski definition) is 4.